The van der Waals surface area contributed by atoms with E-state index in [4.69, 9.17) is 23.6 Å². The Labute approximate surface area is 67.8 Å². The maximum Gasteiger partial charge on any atom is 0.239 e. The summed E-state index contributed by atoms with van der Waals surface area (Å²) in [5, 5.41) is 0. The molecule has 0 atom stereocenters. The van der Waals surface area contributed by atoms with Gasteiger partial charge in [-0.25, -0.2) is 4.98 Å². The minimum absolute atomic E-state index is 0.312. The molecule has 1 heterocycles. The van der Waals surface area contributed by atoms with Crippen LogP contribution in [0.1, 0.15) is 0 Å². The smallest absolute Gasteiger partial charge is 0.239 e. The Balaban J connectivity index is 2.87. The molecular weight excluding hydrogens is 175 g/mol. The molecule has 0 radical (unpaired) electrons. The zero-order valence-corrected chi connectivity index (χ0v) is 6.32. The van der Waals surface area contributed by atoms with Gasteiger partial charge in [0.15, 0.2) is 0 Å². The highest BCUT2D eigenvalue weighted by Gasteiger charge is 1.93. The van der Waals surface area contributed by atoms with Crippen molar-refractivity contribution in [2.24, 2.45) is 0 Å². The number of rotatable bonds is 2. The molecule has 4 nitrogen and oxygen atoms in total. The Kier molecular flexibility index (Phi) is 2.53. The van der Waals surface area contributed by atoms with E-state index in [1.165, 1.54) is 6.20 Å². The summed E-state index contributed by atoms with van der Waals surface area (Å²) in [6.07, 6.45) is 1.53. The third-order valence-corrected chi connectivity index (χ3v) is 1.20. The molecule has 0 aliphatic rings. The Morgan fingerprint density at radius 3 is 2.70 bits per heavy atom. The number of nitrogens with one attached hydrogen (secondary N) is 2. The van der Waals surface area contributed by atoms with E-state index in [1.807, 2.05) is 0 Å². The van der Waals surface area contributed by atoms with E-state index in [1.54, 1.807) is 6.07 Å². The molecule has 0 aliphatic heterocycles. The molecule has 0 saturated heterocycles. The van der Waals surface area contributed by atoms with Crippen molar-refractivity contribution in [3.05, 3.63) is 12.3 Å². The highest BCUT2D eigenvalue weighted by molar-refractivity contribution is 6.24. The largest absolute Gasteiger partial charge is 0.282 e. The van der Waals surface area contributed by atoms with Gasteiger partial charge in [-0.1, -0.05) is 0 Å². The van der Waals surface area contributed by atoms with Crippen molar-refractivity contribution < 1.29 is 0 Å². The zero-order valence-electron chi connectivity index (χ0n) is 4.81. The third kappa shape index (κ3) is 1.62. The monoisotopic (exact) mass is 178 g/mol. The van der Waals surface area contributed by atoms with Crippen LogP contribution in [-0.4, -0.2) is 9.97 Å². The Morgan fingerprint density at radius 1 is 1.30 bits per heavy atom. The molecule has 2 N–H and O–H groups in total. The summed E-state index contributed by atoms with van der Waals surface area (Å²) in [4.78, 5) is 12.1. The molecule has 10 heavy (non-hydrogen) atoms. The first-order valence-corrected chi connectivity index (χ1v) is 3.18. The van der Waals surface area contributed by atoms with E-state index in [0.29, 0.717) is 11.8 Å². The molecule has 0 fully saturated rings. The van der Waals surface area contributed by atoms with Gasteiger partial charge in [0.05, 0.1) is 0 Å². The van der Waals surface area contributed by atoms with Crippen LogP contribution in [0.3, 0.4) is 0 Å². The van der Waals surface area contributed by atoms with Crippen LogP contribution in [0.25, 0.3) is 0 Å². The SMILES string of the molecule is ClNc1ccnc(NCl)n1. The van der Waals surface area contributed by atoms with Crippen molar-refractivity contribution in [1.82, 2.24) is 9.97 Å². The average molecular weight is 179 g/mol. The summed E-state index contributed by atoms with van der Waals surface area (Å²) < 4.78 is 0. The minimum atomic E-state index is 0.312. The summed E-state index contributed by atoms with van der Waals surface area (Å²) in [7, 11) is 0. The van der Waals surface area contributed by atoms with Crippen LogP contribution in [0.2, 0.25) is 0 Å². The number of hydrogen-bond acceptors (Lipinski definition) is 4. The second-order valence-electron chi connectivity index (χ2n) is 1.45. The van der Waals surface area contributed by atoms with Crippen LogP contribution in [0.15, 0.2) is 12.3 Å². The Hall–Kier alpha value is -0.740. The minimum Gasteiger partial charge on any atom is -0.282 e. The molecule has 0 aromatic carbocycles. The van der Waals surface area contributed by atoms with Crippen molar-refractivity contribution in [2.45, 2.75) is 0 Å². The lowest BCUT2D eigenvalue weighted by Gasteiger charge is -1.97. The lowest BCUT2D eigenvalue weighted by Crippen LogP contribution is -1.92. The standard InChI is InChI=1S/C4H4Cl2N4/c5-9-3-1-2-7-4(8-3)10-6/h1-2H,(H2,7,8,9,10). The van der Waals surface area contributed by atoms with Crippen molar-refractivity contribution in [3.63, 3.8) is 0 Å². The molecule has 1 aromatic rings. The van der Waals surface area contributed by atoms with Gasteiger partial charge in [0, 0.05) is 35.8 Å². The second kappa shape index (κ2) is 3.43. The van der Waals surface area contributed by atoms with Crippen LogP contribution >= 0.6 is 23.6 Å². The Bertz CT molecular complexity index is 197. The van der Waals surface area contributed by atoms with Crippen molar-refractivity contribution in [3.8, 4) is 0 Å². The van der Waals surface area contributed by atoms with E-state index >= 15 is 0 Å². The summed E-state index contributed by atoms with van der Waals surface area (Å²) in [5.41, 5.74) is 0. The first-order valence-electron chi connectivity index (χ1n) is 2.43. The fraction of sp³-hybridized carbons (Fsp3) is 0. The fourth-order valence-corrected chi connectivity index (χ4v) is 0.653. The molecule has 0 amide bonds. The van der Waals surface area contributed by atoms with Crippen molar-refractivity contribution in [1.29, 1.82) is 0 Å². The normalized spacial score (nSPS) is 9.00. The van der Waals surface area contributed by atoms with Gasteiger partial charge >= 0.3 is 0 Å². The molecule has 6 heteroatoms. The molecule has 0 aliphatic carbocycles. The summed E-state index contributed by atoms with van der Waals surface area (Å²) in [6.45, 7) is 0. The molecular formula is C4H4Cl2N4. The predicted molar refractivity (Wildman–Crippen MR) is 41.0 cm³/mol. The number of halogens is 2. The number of nitrogens with zero attached hydrogens (tertiary/aromatic N) is 2. The summed E-state index contributed by atoms with van der Waals surface area (Å²) in [6, 6.07) is 1.62. The van der Waals surface area contributed by atoms with Gasteiger partial charge in [-0.05, 0) is 0 Å². The van der Waals surface area contributed by atoms with E-state index in [-0.39, 0.29) is 0 Å². The third-order valence-electron chi connectivity index (χ3n) is 0.837. The maximum absolute atomic E-state index is 5.24. The van der Waals surface area contributed by atoms with E-state index in [2.05, 4.69) is 19.6 Å². The van der Waals surface area contributed by atoms with Gasteiger partial charge in [-0.2, -0.15) is 4.98 Å². The van der Waals surface area contributed by atoms with Gasteiger partial charge in [0.25, 0.3) is 0 Å². The molecule has 1 rings (SSSR count). The average Bonchev–Trinajstić information content (AvgIpc) is 2.05. The number of anilines is 2. The number of hydrogen-bond donors (Lipinski definition) is 2. The summed E-state index contributed by atoms with van der Waals surface area (Å²) in [5.74, 6) is 0.812. The molecule has 0 saturated carbocycles. The Morgan fingerprint density at radius 2 is 2.10 bits per heavy atom. The topological polar surface area (TPSA) is 49.8 Å². The lowest BCUT2D eigenvalue weighted by molar-refractivity contribution is 1.19. The van der Waals surface area contributed by atoms with Crippen molar-refractivity contribution in [2.75, 3.05) is 9.67 Å². The van der Waals surface area contributed by atoms with Crippen molar-refractivity contribution >= 4 is 35.3 Å². The quantitative estimate of drug-likeness (QED) is 0.677. The first kappa shape index (κ1) is 7.37. The molecule has 0 bridgehead atoms. The van der Waals surface area contributed by atoms with Crippen LogP contribution in [0.5, 0.6) is 0 Å². The molecule has 0 unspecified atom stereocenters. The fourth-order valence-electron chi connectivity index (χ4n) is 0.457. The number of aromatic nitrogens is 2. The zero-order chi connectivity index (χ0) is 7.40. The highest BCUT2D eigenvalue weighted by atomic mass is 35.5. The maximum atomic E-state index is 5.24. The van der Waals surface area contributed by atoms with Crippen LogP contribution in [0, 0.1) is 0 Å². The second-order valence-corrected chi connectivity index (χ2v) is 1.83. The molecule has 1 aromatic heterocycles. The molecule has 0 spiro atoms. The van der Waals surface area contributed by atoms with Crippen LogP contribution in [0.4, 0.5) is 11.8 Å². The van der Waals surface area contributed by atoms with Gasteiger partial charge < -0.3 is 0 Å². The highest BCUT2D eigenvalue weighted by Crippen LogP contribution is 2.06. The van der Waals surface area contributed by atoms with Gasteiger partial charge in [0.2, 0.25) is 5.95 Å². The van der Waals surface area contributed by atoms with E-state index < -0.39 is 0 Å². The van der Waals surface area contributed by atoms with Crippen LogP contribution in [-0.2, 0) is 0 Å². The first-order chi connectivity index (χ1) is 4.86. The summed E-state index contributed by atoms with van der Waals surface area (Å²) >= 11 is 10.5. The van der Waals surface area contributed by atoms with Gasteiger partial charge in [0.1, 0.15) is 5.82 Å². The van der Waals surface area contributed by atoms with Gasteiger partial charge in [-0.3, -0.25) is 9.67 Å². The van der Waals surface area contributed by atoms with Gasteiger partial charge in [-0.15, -0.1) is 0 Å². The van der Waals surface area contributed by atoms with E-state index in [0.717, 1.165) is 0 Å². The van der Waals surface area contributed by atoms with E-state index in [9.17, 15) is 0 Å². The van der Waals surface area contributed by atoms with Crippen LogP contribution < -0.4 is 9.67 Å². The lowest BCUT2D eigenvalue weighted by atomic mass is 10.6. The predicted octanol–water partition coefficient (Wildman–Crippen LogP) is 1.61. The molecule has 54 valence electrons.